The quantitative estimate of drug-likeness (QED) is 0.904. The lowest BCUT2D eigenvalue weighted by Gasteiger charge is -2.19. The molecule has 2 heterocycles. The summed E-state index contributed by atoms with van der Waals surface area (Å²) in [6.45, 7) is 9.32. The fourth-order valence-corrected chi connectivity index (χ4v) is 2.39. The summed E-state index contributed by atoms with van der Waals surface area (Å²) in [6, 6.07) is 4.19. The number of aromatic nitrogens is 1. The minimum atomic E-state index is 0.0971. The van der Waals surface area contributed by atoms with Crippen LogP contribution in [0.5, 0.6) is 0 Å². The summed E-state index contributed by atoms with van der Waals surface area (Å²) in [5, 5.41) is 7.35. The summed E-state index contributed by atoms with van der Waals surface area (Å²) in [5.41, 5.74) is 1.21. The lowest BCUT2D eigenvalue weighted by atomic mass is 10.1. The van der Waals surface area contributed by atoms with Gasteiger partial charge in [0, 0.05) is 22.5 Å². The van der Waals surface area contributed by atoms with Crippen LogP contribution in [0.1, 0.15) is 31.2 Å². The van der Waals surface area contributed by atoms with Crippen molar-refractivity contribution in [2.45, 2.75) is 39.8 Å². The van der Waals surface area contributed by atoms with Crippen molar-refractivity contribution in [3.8, 4) is 10.6 Å². The van der Waals surface area contributed by atoms with Crippen LogP contribution >= 0.6 is 11.3 Å². The van der Waals surface area contributed by atoms with E-state index in [1.165, 1.54) is 4.88 Å². The van der Waals surface area contributed by atoms with Gasteiger partial charge in [0.1, 0.15) is 0 Å². The summed E-state index contributed by atoms with van der Waals surface area (Å²) in [7, 11) is 0. The van der Waals surface area contributed by atoms with Crippen LogP contribution in [0.25, 0.3) is 10.6 Å². The van der Waals surface area contributed by atoms with Gasteiger partial charge in [-0.25, -0.2) is 0 Å². The zero-order valence-corrected chi connectivity index (χ0v) is 11.5. The van der Waals surface area contributed by atoms with Crippen LogP contribution in [-0.2, 0) is 6.54 Å². The molecule has 4 heteroatoms. The maximum Gasteiger partial charge on any atom is 0.181 e. The highest BCUT2D eigenvalue weighted by Gasteiger charge is 2.15. The zero-order chi connectivity index (χ0) is 12.5. The molecule has 92 valence electrons. The molecule has 0 aliphatic heterocycles. The highest BCUT2D eigenvalue weighted by molar-refractivity contribution is 7.15. The third-order valence-corrected chi connectivity index (χ3v) is 3.42. The van der Waals surface area contributed by atoms with Crippen molar-refractivity contribution in [3.63, 3.8) is 0 Å². The molecule has 0 bridgehead atoms. The first-order chi connectivity index (χ1) is 7.96. The number of hydrogen-bond acceptors (Lipinski definition) is 4. The van der Waals surface area contributed by atoms with Crippen LogP contribution in [0.4, 0.5) is 0 Å². The van der Waals surface area contributed by atoms with Gasteiger partial charge in [-0.2, -0.15) is 0 Å². The second-order valence-corrected chi connectivity index (χ2v) is 6.48. The fourth-order valence-electron chi connectivity index (χ4n) is 1.51. The third kappa shape index (κ3) is 3.17. The molecule has 0 spiro atoms. The number of thiophene rings is 1. The third-order valence-electron chi connectivity index (χ3n) is 2.42. The number of hydrogen-bond donors (Lipinski definition) is 1. The van der Waals surface area contributed by atoms with Gasteiger partial charge in [0.05, 0.1) is 11.1 Å². The van der Waals surface area contributed by atoms with Gasteiger partial charge < -0.3 is 9.84 Å². The van der Waals surface area contributed by atoms with Gasteiger partial charge in [0.15, 0.2) is 5.76 Å². The van der Waals surface area contributed by atoms with E-state index in [1.807, 2.05) is 0 Å². The van der Waals surface area contributed by atoms with Gasteiger partial charge >= 0.3 is 0 Å². The Balaban J connectivity index is 2.17. The molecule has 2 aromatic heterocycles. The van der Waals surface area contributed by atoms with Gasteiger partial charge in [0.25, 0.3) is 0 Å². The lowest BCUT2D eigenvalue weighted by Crippen LogP contribution is -2.35. The molecule has 3 nitrogen and oxygen atoms in total. The van der Waals surface area contributed by atoms with Crippen LogP contribution in [0.3, 0.4) is 0 Å². The highest BCUT2D eigenvalue weighted by Crippen LogP contribution is 2.30. The van der Waals surface area contributed by atoms with E-state index in [1.54, 1.807) is 17.5 Å². The van der Waals surface area contributed by atoms with E-state index in [9.17, 15) is 0 Å². The van der Waals surface area contributed by atoms with Gasteiger partial charge in [-0.05, 0) is 39.8 Å². The molecule has 2 rings (SSSR count). The Hall–Kier alpha value is -1.13. The summed E-state index contributed by atoms with van der Waals surface area (Å²) in [5.74, 6) is 0.889. The zero-order valence-electron chi connectivity index (χ0n) is 10.7. The number of nitrogens with zero attached hydrogens (tertiary/aromatic N) is 1. The first kappa shape index (κ1) is 12.3. The SMILES string of the molecule is Cc1ccc(-c2oncc2CNC(C)(C)C)s1. The van der Waals surface area contributed by atoms with Crippen LogP contribution in [0.15, 0.2) is 22.9 Å². The van der Waals surface area contributed by atoms with E-state index < -0.39 is 0 Å². The monoisotopic (exact) mass is 250 g/mol. The van der Waals surface area contributed by atoms with E-state index in [-0.39, 0.29) is 5.54 Å². The summed E-state index contributed by atoms with van der Waals surface area (Å²) in [6.07, 6.45) is 1.79. The molecule has 0 radical (unpaired) electrons. The Morgan fingerprint density at radius 3 is 2.71 bits per heavy atom. The molecule has 0 fully saturated rings. The minimum absolute atomic E-state index is 0.0971. The van der Waals surface area contributed by atoms with Crippen LogP contribution in [0, 0.1) is 6.92 Å². The molecule has 0 saturated carbocycles. The summed E-state index contributed by atoms with van der Waals surface area (Å²) in [4.78, 5) is 2.43. The molecular formula is C13H18N2OS. The van der Waals surface area contributed by atoms with Crippen LogP contribution < -0.4 is 5.32 Å². The Kier molecular flexibility index (Phi) is 3.35. The molecule has 0 amide bonds. The topological polar surface area (TPSA) is 38.1 Å². The Labute approximate surface area is 106 Å². The van der Waals surface area contributed by atoms with Gasteiger partial charge in [-0.15, -0.1) is 11.3 Å². The molecule has 0 aliphatic carbocycles. The van der Waals surface area contributed by atoms with Crippen molar-refractivity contribution in [1.29, 1.82) is 0 Å². The molecule has 0 atom stereocenters. The van der Waals surface area contributed by atoms with Crippen molar-refractivity contribution in [1.82, 2.24) is 10.5 Å². The molecule has 1 N–H and O–H groups in total. The minimum Gasteiger partial charge on any atom is -0.355 e. The molecule has 2 aromatic rings. The van der Waals surface area contributed by atoms with E-state index in [4.69, 9.17) is 4.52 Å². The second-order valence-electron chi connectivity index (χ2n) is 5.19. The molecule has 0 aliphatic rings. The predicted molar refractivity (Wildman–Crippen MR) is 71.1 cm³/mol. The smallest absolute Gasteiger partial charge is 0.181 e. The van der Waals surface area contributed by atoms with Crippen LogP contribution in [-0.4, -0.2) is 10.7 Å². The number of nitrogens with one attached hydrogen (secondary N) is 1. The van der Waals surface area contributed by atoms with E-state index in [2.05, 4.69) is 50.3 Å². The number of aryl methyl sites for hydroxylation is 1. The first-order valence-electron chi connectivity index (χ1n) is 5.71. The fraction of sp³-hybridized carbons (Fsp3) is 0.462. The molecule has 0 saturated heterocycles. The van der Waals surface area contributed by atoms with E-state index in [0.717, 1.165) is 22.7 Å². The average molecular weight is 250 g/mol. The highest BCUT2D eigenvalue weighted by atomic mass is 32.1. The van der Waals surface area contributed by atoms with Crippen molar-refractivity contribution in [2.75, 3.05) is 0 Å². The summed E-state index contributed by atoms with van der Waals surface area (Å²) < 4.78 is 5.35. The van der Waals surface area contributed by atoms with Crippen molar-refractivity contribution >= 4 is 11.3 Å². The standard InChI is InChI=1S/C13H18N2OS/c1-9-5-6-11(17-9)12-10(8-15-16-12)7-14-13(2,3)4/h5-6,8,14H,7H2,1-4H3. The molecule has 17 heavy (non-hydrogen) atoms. The normalized spacial score (nSPS) is 12.0. The predicted octanol–water partition coefficient (Wildman–Crippen LogP) is 3.60. The lowest BCUT2D eigenvalue weighted by molar-refractivity contribution is 0.419. The second kappa shape index (κ2) is 4.63. The largest absolute Gasteiger partial charge is 0.355 e. The Morgan fingerprint density at radius 2 is 2.12 bits per heavy atom. The number of rotatable bonds is 3. The van der Waals surface area contributed by atoms with Crippen molar-refractivity contribution in [3.05, 3.63) is 28.8 Å². The summed E-state index contributed by atoms with van der Waals surface area (Å²) >= 11 is 1.73. The average Bonchev–Trinajstić information content (AvgIpc) is 2.81. The van der Waals surface area contributed by atoms with Gasteiger partial charge in [0.2, 0.25) is 0 Å². The van der Waals surface area contributed by atoms with E-state index >= 15 is 0 Å². The Bertz CT molecular complexity index is 493. The van der Waals surface area contributed by atoms with Gasteiger partial charge in [-0.1, -0.05) is 5.16 Å². The van der Waals surface area contributed by atoms with Crippen molar-refractivity contribution in [2.24, 2.45) is 0 Å². The molecule has 0 unspecified atom stereocenters. The van der Waals surface area contributed by atoms with E-state index in [0.29, 0.717) is 0 Å². The van der Waals surface area contributed by atoms with Gasteiger partial charge in [-0.3, -0.25) is 0 Å². The molecule has 0 aromatic carbocycles. The first-order valence-corrected chi connectivity index (χ1v) is 6.53. The molecular weight excluding hydrogens is 232 g/mol. The van der Waals surface area contributed by atoms with Crippen molar-refractivity contribution < 1.29 is 4.52 Å². The van der Waals surface area contributed by atoms with Crippen LogP contribution in [0.2, 0.25) is 0 Å². The maximum atomic E-state index is 5.35. The Morgan fingerprint density at radius 1 is 1.35 bits per heavy atom. The maximum absolute atomic E-state index is 5.35.